The van der Waals surface area contributed by atoms with Crippen molar-refractivity contribution in [3.63, 3.8) is 0 Å². The normalized spacial score (nSPS) is 12.6. The SMILES string of the molecule is N=C(N)NCC(Cc1ccccc1)NS(=O)(=O)c1cccc2cnccc12. The van der Waals surface area contributed by atoms with Crippen molar-refractivity contribution >= 4 is 26.8 Å². The van der Waals surface area contributed by atoms with Gasteiger partial charge in [-0.3, -0.25) is 10.4 Å². The van der Waals surface area contributed by atoms with E-state index in [9.17, 15) is 8.42 Å². The van der Waals surface area contributed by atoms with Gasteiger partial charge in [-0.25, -0.2) is 13.1 Å². The fraction of sp³-hybridized carbons (Fsp3) is 0.158. The Bertz CT molecular complexity index is 1030. The Kier molecular flexibility index (Phi) is 5.68. The maximum atomic E-state index is 13.0. The third kappa shape index (κ3) is 4.81. The molecule has 3 aromatic rings. The van der Waals surface area contributed by atoms with Crippen molar-refractivity contribution in [3.8, 4) is 0 Å². The number of hydrogen-bond donors (Lipinski definition) is 4. The van der Waals surface area contributed by atoms with Gasteiger partial charge >= 0.3 is 0 Å². The molecule has 8 heteroatoms. The number of nitrogens with one attached hydrogen (secondary N) is 3. The first-order valence-corrected chi connectivity index (χ1v) is 9.91. The van der Waals surface area contributed by atoms with Crippen molar-refractivity contribution in [2.45, 2.75) is 17.4 Å². The lowest BCUT2D eigenvalue weighted by molar-refractivity contribution is 0.539. The predicted molar refractivity (Wildman–Crippen MR) is 106 cm³/mol. The van der Waals surface area contributed by atoms with Gasteiger partial charge < -0.3 is 11.1 Å². The molecule has 7 nitrogen and oxygen atoms in total. The number of hydrogen-bond acceptors (Lipinski definition) is 4. The molecule has 0 bridgehead atoms. The van der Waals surface area contributed by atoms with Gasteiger partial charge in [-0.2, -0.15) is 0 Å². The maximum absolute atomic E-state index is 13.0. The number of nitrogens with zero attached hydrogens (tertiary/aromatic N) is 1. The van der Waals surface area contributed by atoms with Crippen LogP contribution in [-0.2, 0) is 16.4 Å². The molecule has 1 atom stereocenters. The molecule has 27 heavy (non-hydrogen) atoms. The van der Waals surface area contributed by atoms with E-state index in [0.717, 1.165) is 10.9 Å². The van der Waals surface area contributed by atoms with E-state index in [1.54, 1.807) is 30.6 Å². The van der Waals surface area contributed by atoms with Crippen molar-refractivity contribution in [2.24, 2.45) is 5.73 Å². The summed E-state index contributed by atoms with van der Waals surface area (Å²) in [5.74, 6) is -0.205. The number of guanidine groups is 1. The Morgan fingerprint density at radius 2 is 1.89 bits per heavy atom. The van der Waals surface area contributed by atoms with Crippen LogP contribution in [0.1, 0.15) is 5.56 Å². The van der Waals surface area contributed by atoms with Crippen LogP contribution in [0.15, 0.2) is 71.9 Å². The van der Waals surface area contributed by atoms with Crippen LogP contribution in [0.25, 0.3) is 10.8 Å². The first-order valence-electron chi connectivity index (χ1n) is 8.42. The van der Waals surface area contributed by atoms with E-state index in [1.807, 2.05) is 36.4 Å². The molecule has 0 aliphatic carbocycles. The lowest BCUT2D eigenvalue weighted by Gasteiger charge is -2.20. The van der Waals surface area contributed by atoms with Crippen LogP contribution < -0.4 is 15.8 Å². The summed E-state index contributed by atoms with van der Waals surface area (Å²) in [5, 5.41) is 11.4. The second kappa shape index (κ2) is 8.15. The summed E-state index contributed by atoms with van der Waals surface area (Å²) in [4.78, 5) is 4.24. The molecular weight excluding hydrogens is 362 g/mol. The molecule has 0 amide bonds. The highest BCUT2D eigenvalue weighted by atomic mass is 32.2. The molecule has 1 heterocycles. The van der Waals surface area contributed by atoms with Gasteiger partial charge in [0, 0.05) is 35.8 Å². The highest BCUT2D eigenvalue weighted by molar-refractivity contribution is 7.89. The van der Waals surface area contributed by atoms with Crippen LogP contribution >= 0.6 is 0 Å². The second-order valence-electron chi connectivity index (χ2n) is 6.16. The van der Waals surface area contributed by atoms with Crippen LogP contribution in [0.2, 0.25) is 0 Å². The minimum Gasteiger partial charge on any atom is -0.370 e. The molecule has 0 aliphatic heterocycles. The summed E-state index contributed by atoms with van der Waals surface area (Å²) >= 11 is 0. The Balaban J connectivity index is 1.89. The van der Waals surface area contributed by atoms with Crippen LogP contribution in [-0.4, -0.2) is 31.9 Å². The molecule has 5 N–H and O–H groups in total. The largest absolute Gasteiger partial charge is 0.370 e. The van der Waals surface area contributed by atoms with Gasteiger partial charge in [0.05, 0.1) is 4.90 Å². The quantitative estimate of drug-likeness (QED) is 0.365. The fourth-order valence-corrected chi connectivity index (χ4v) is 4.36. The molecule has 0 saturated carbocycles. The fourth-order valence-electron chi connectivity index (χ4n) is 2.90. The summed E-state index contributed by atoms with van der Waals surface area (Å²) in [7, 11) is -3.78. The van der Waals surface area contributed by atoms with E-state index in [1.165, 1.54) is 0 Å². The first-order chi connectivity index (χ1) is 13.0. The second-order valence-corrected chi connectivity index (χ2v) is 7.84. The standard InChI is InChI=1S/C19H21N5O2S/c20-19(21)23-13-16(11-14-5-2-1-3-6-14)24-27(25,26)18-8-4-7-15-12-22-10-9-17(15)18/h1-10,12,16,24H,11,13H2,(H4,20,21,23). The van der Waals surface area contributed by atoms with Crippen molar-refractivity contribution in [3.05, 3.63) is 72.6 Å². The molecule has 0 aliphatic rings. The number of pyridine rings is 1. The monoisotopic (exact) mass is 383 g/mol. The molecule has 0 saturated heterocycles. The minimum absolute atomic E-state index is 0.197. The molecular formula is C19H21N5O2S. The third-order valence-electron chi connectivity index (χ3n) is 4.12. The van der Waals surface area contributed by atoms with Gasteiger partial charge in [0.15, 0.2) is 5.96 Å². The van der Waals surface area contributed by atoms with Crippen molar-refractivity contribution in [1.29, 1.82) is 5.41 Å². The Labute approximate surface area is 158 Å². The van der Waals surface area contributed by atoms with E-state index in [4.69, 9.17) is 11.1 Å². The lowest BCUT2D eigenvalue weighted by Crippen LogP contribution is -2.46. The minimum atomic E-state index is -3.78. The molecule has 0 fully saturated rings. The van der Waals surface area contributed by atoms with Crippen LogP contribution in [0, 0.1) is 5.41 Å². The average Bonchev–Trinajstić information content (AvgIpc) is 2.66. The predicted octanol–water partition coefficient (Wildman–Crippen LogP) is 1.61. The summed E-state index contributed by atoms with van der Waals surface area (Å²) < 4.78 is 28.8. The molecule has 0 radical (unpaired) electrons. The summed E-state index contributed by atoms with van der Waals surface area (Å²) in [6.07, 6.45) is 3.67. The molecule has 2 aromatic carbocycles. The number of benzene rings is 2. The van der Waals surface area contributed by atoms with Crippen LogP contribution in [0.5, 0.6) is 0 Å². The average molecular weight is 383 g/mol. The smallest absolute Gasteiger partial charge is 0.241 e. The topological polar surface area (TPSA) is 121 Å². The van der Waals surface area contributed by atoms with E-state index >= 15 is 0 Å². The Morgan fingerprint density at radius 1 is 1.11 bits per heavy atom. The number of fused-ring (bicyclic) bond motifs is 1. The number of rotatable bonds is 7. The van der Waals surface area contributed by atoms with Gasteiger partial charge in [-0.15, -0.1) is 0 Å². The number of nitrogens with two attached hydrogens (primary N) is 1. The van der Waals surface area contributed by atoms with Gasteiger partial charge in [0.25, 0.3) is 0 Å². The Morgan fingerprint density at radius 3 is 2.63 bits per heavy atom. The zero-order chi connectivity index (χ0) is 19.3. The van der Waals surface area contributed by atoms with Crippen molar-refractivity contribution < 1.29 is 8.42 Å². The third-order valence-corrected chi connectivity index (χ3v) is 5.69. The molecule has 0 spiro atoms. The highest BCUT2D eigenvalue weighted by Gasteiger charge is 2.22. The first kappa shape index (κ1) is 18.8. The summed E-state index contributed by atoms with van der Waals surface area (Å²) in [5.41, 5.74) is 6.36. The van der Waals surface area contributed by atoms with E-state index < -0.39 is 16.1 Å². The molecule has 140 valence electrons. The van der Waals surface area contributed by atoms with Gasteiger partial charge in [0.1, 0.15) is 0 Å². The molecule has 3 rings (SSSR count). The van der Waals surface area contributed by atoms with E-state index in [0.29, 0.717) is 11.8 Å². The highest BCUT2D eigenvalue weighted by Crippen LogP contribution is 2.22. The van der Waals surface area contributed by atoms with Gasteiger partial charge in [-0.05, 0) is 24.1 Å². The maximum Gasteiger partial charge on any atom is 0.241 e. The number of sulfonamides is 1. The Hall–Kier alpha value is -2.97. The van der Waals surface area contributed by atoms with Crippen LogP contribution in [0.3, 0.4) is 0 Å². The van der Waals surface area contributed by atoms with Crippen molar-refractivity contribution in [1.82, 2.24) is 15.0 Å². The summed E-state index contributed by atoms with van der Waals surface area (Å²) in [6.45, 7) is 0.204. The lowest BCUT2D eigenvalue weighted by atomic mass is 10.1. The summed E-state index contributed by atoms with van der Waals surface area (Å²) in [6, 6.07) is 15.9. The number of aromatic nitrogens is 1. The molecule has 1 unspecified atom stereocenters. The zero-order valence-electron chi connectivity index (χ0n) is 14.6. The zero-order valence-corrected chi connectivity index (χ0v) is 15.4. The van der Waals surface area contributed by atoms with Crippen molar-refractivity contribution in [2.75, 3.05) is 6.54 Å². The van der Waals surface area contributed by atoms with Crippen LogP contribution in [0.4, 0.5) is 0 Å². The van der Waals surface area contributed by atoms with Gasteiger partial charge in [0.2, 0.25) is 10.0 Å². The van der Waals surface area contributed by atoms with E-state index in [2.05, 4.69) is 15.0 Å². The van der Waals surface area contributed by atoms with Gasteiger partial charge in [-0.1, -0.05) is 42.5 Å². The molecule has 1 aromatic heterocycles. The van der Waals surface area contributed by atoms with E-state index in [-0.39, 0.29) is 17.4 Å².